The van der Waals surface area contributed by atoms with Crippen LogP contribution in [0.3, 0.4) is 0 Å². The molecule has 0 unspecified atom stereocenters. The number of carbonyl (C=O) groups is 1. The first kappa shape index (κ1) is 19.7. The van der Waals surface area contributed by atoms with Gasteiger partial charge in [-0.2, -0.15) is 0 Å². The highest BCUT2D eigenvalue weighted by atomic mass is 32.2. The summed E-state index contributed by atoms with van der Waals surface area (Å²) in [6, 6.07) is 16.3. The van der Waals surface area contributed by atoms with Gasteiger partial charge in [0.15, 0.2) is 16.6 Å². The van der Waals surface area contributed by atoms with Crippen molar-refractivity contribution in [2.75, 3.05) is 18.2 Å². The number of aryl methyl sites for hydroxylation is 1. The van der Waals surface area contributed by atoms with Crippen LogP contribution >= 0.6 is 11.8 Å². The number of anilines is 1. The number of fused-ring (bicyclic) bond motifs is 1. The van der Waals surface area contributed by atoms with Crippen molar-refractivity contribution in [3.05, 3.63) is 70.5 Å². The standard InChI is InChI=1S/C21H19N5O3S/c1-13-6-8-15(9-7-13)22-19(28)12-30-21-24-20(14-4-3-5-16(10-14)29-2)23-17-11-18(27)25-26(17)21/h3-11H,12H2,1-2H3,(H,22,28)(H,25,27). The first-order valence-corrected chi connectivity index (χ1v) is 10.1. The zero-order valence-corrected chi connectivity index (χ0v) is 17.2. The van der Waals surface area contributed by atoms with Crippen LogP contribution in [-0.4, -0.2) is 38.4 Å². The quantitative estimate of drug-likeness (QED) is 0.464. The van der Waals surface area contributed by atoms with E-state index in [2.05, 4.69) is 20.4 Å². The van der Waals surface area contributed by atoms with Crippen LogP contribution in [0.2, 0.25) is 0 Å². The number of hydrogen-bond donors (Lipinski definition) is 2. The summed E-state index contributed by atoms with van der Waals surface area (Å²) in [4.78, 5) is 33.2. The molecule has 2 N–H and O–H groups in total. The molecule has 4 rings (SSSR count). The van der Waals surface area contributed by atoms with Gasteiger partial charge in [-0.15, -0.1) is 0 Å². The summed E-state index contributed by atoms with van der Waals surface area (Å²) in [7, 11) is 1.59. The second-order valence-corrected chi connectivity index (χ2v) is 7.52. The van der Waals surface area contributed by atoms with E-state index in [1.54, 1.807) is 7.11 Å². The highest BCUT2D eigenvalue weighted by Crippen LogP contribution is 2.24. The molecule has 0 saturated heterocycles. The van der Waals surface area contributed by atoms with Crippen LogP contribution in [0.25, 0.3) is 17.0 Å². The number of methoxy groups -OCH3 is 1. The molecular formula is C21H19N5O3S. The lowest BCUT2D eigenvalue weighted by Crippen LogP contribution is -2.15. The Morgan fingerprint density at radius 2 is 1.97 bits per heavy atom. The van der Waals surface area contributed by atoms with Crippen LogP contribution in [0.5, 0.6) is 5.75 Å². The second-order valence-electron chi connectivity index (χ2n) is 6.58. The molecule has 0 spiro atoms. The monoisotopic (exact) mass is 421 g/mol. The Bertz CT molecular complexity index is 1260. The number of thioether (sulfide) groups is 1. The molecule has 0 aliphatic heterocycles. The summed E-state index contributed by atoms with van der Waals surface area (Å²) in [5, 5.41) is 5.98. The van der Waals surface area contributed by atoms with Crippen LogP contribution in [0.1, 0.15) is 5.56 Å². The minimum atomic E-state index is -0.293. The van der Waals surface area contributed by atoms with Gasteiger partial charge in [0.1, 0.15) is 5.75 Å². The lowest BCUT2D eigenvalue weighted by atomic mass is 10.2. The molecular weight excluding hydrogens is 402 g/mol. The van der Waals surface area contributed by atoms with Crippen LogP contribution in [0, 0.1) is 6.92 Å². The molecule has 2 heterocycles. The van der Waals surface area contributed by atoms with Gasteiger partial charge >= 0.3 is 0 Å². The number of amides is 1. The number of nitrogens with zero attached hydrogens (tertiary/aromatic N) is 3. The topological polar surface area (TPSA) is 101 Å². The molecule has 0 atom stereocenters. The van der Waals surface area contributed by atoms with Crippen molar-refractivity contribution in [3.63, 3.8) is 0 Å². The van der Waals surface area contributed by atoms with E-state index in [1.165, 1.54) is 22.3 Å². The van der Waals surface area contributed by atoms with Crippen molar-refractivity contribution in [1.82, 2.24) is 19.6 Å². The van der Waals surface area contributed by atoms with Crippen molar-refractivity contribution in [1.29, 1.82) is 0 Å². The van der Waals surface area contributed by atoms with Gasteiger partial charge in [-0.3, -0.25) is 14.7 Å². The molecule has 30 heavy (non-hydrogen) atoms. The van der Waals surface area contributed by atoms with Crippen molar-refractivity contribution < 1.29 is 9.53 Å². The maximum atomic E-state index is 12.4. The predicted molar refractivity (Wildman–Crippen MR) is 116 cm³/mol. The zero-order chi connectivity index (χ0) is 21.1. The average Bonchev–Trinajstić information content (AvgIpc) is 3.14. The Morgan fingerprint density at radius 1 is 1.17 bits per heavy atom. The van der Waals surface area contributed by atoms with Crippen molar-refractivity contribution >= 4 is 29.0 Å². The molecule has 0 saturated carbocycles. The Hall–Kier alpha value is -3.59. The Labute approximate surface area is 176 Å². The number of hydrogen-bond acceptors (Lipinski definition) is 6. The van der Waals surface area contributed by atoms with Gasteiger partial charge in [0.25, 0.3) is 5.56 Å². The van der Waals surface area contributed by atoms with Crippen molar-refractivity contribution in [2.45, 2.75) is 12.1 Å². The van der Waals surface area contributed by atoms with Gasteiger partial charge in [-0.1, -0.05) is 41.6 Å². The summed E-state index contributed by atoms with van der Waals surface area (Å²) in [6.07, 6.45) is 0. The van der Waals surface area contributed by atoms with Gasteiger partial charge in [-0.25, -0.2) is 14.5 Å². The van der Waals surface area contributed by atoms with Gasteiger partial charge in [0.2, 0.25) is 5.91 Å². The molecule has 2 aromatic heterocycles. The minimum absolute atomic E-state index is 0.123. The molecule has 9 heteroatoms. The number of benzene rings is 2. The smallest absolute Gasteiger partial charge is 0.266 e. The summed E-state index contributed by atoms with van der Waals surface area (Å²) in [6.45, 7) is 1.99. The minimum Gasteiger partial charge on any atom is -0.497 e. The van der Waals surface area contributed by atoms with Crippen LogP contribution < -0.4 is 15.6 Å². The lowest BCUT2D eigenvalue weighted by Gasteiger charge is -2.09. The van der Waals surface area contributed by atoms with E-state index < -0.39 is 0 Å². The molecule has 152 valence electrons. The normalized spacial score (nSPS) is 10.9. The molecule has 0 fully saturated rings. The summed E-state index contributed by atoms with van der Waals surface area (Å²) >= 11 is 1.21. The fourth-order valence-electron chi connectivity index (χ4n) is 2.84. The van der Waals surface area contributed by atoms with Gasteiger partial charge < -0.3 is 10.1 Å². The van der Waals surface area contributed by atoms with E-state index in [4.69, 9.17) is 4.74 Å². The third kappa shape index (κ3) is 4.36. The maximum Gasteiger partial charge on any atom is 0.266 e. The first-order chi connectivity index (χ1) is 14.5. The largest absolute Gasteiger partial charge is 0.497 e. The lowest BCUT2D eigenvalue weighted by molar-refractivity contribution is -0.113. The molecule has 8 nitrogen and oxygen atoms in total. The van der Waals surface area contributed by atoms with Gasteiger partial charge in [-0.05, 0) is 31.2 Å². The summed E-state index contributed by atoms with van der Waals surface area (Å²) < 4.78 is 6.75. The third-order valence-electron chi connectivity index (χ3n) is 4.32. The summed E-state index contributed by atoms with van der Waals surface area (Å²) in [5.41, 5.74) is 2.72. The van der Waals surface area contributed by atoms with E-state index in [-0.39, 0.29) is 17.2 Å². The zero-order valence-electron chi connectivity index (χ0n) is 16.4. The van der Waals surface area contributed by atoms with Crippen LogP contribution in [0.15, 0.2) is 64.5 Å². The molecule has 2 aromatic carbocycles. The maximum absolute atomic E-state index is 12.4. The molecule has 1 amide bonds. The highest BCUT2D eigenvalue weighted by molar-refractivity contribution is 7.99. The number of nitrogens with one attached hydrogen (secondary N) is 2. The first-order valence-electron chi connectivity index (χ1n) is 9.15. The molecule has 0 aliphatic carbocycles. The molecule has 0 bridgehead atoms. The average molecular weight is 421 g/mol. The van der Waals surface area contributed by atoms with E-state index in [9.17, 15) is 9.59 Å². The van der Waals surface area contributed by atoms with Crippen molar-refractivity contribution in [3.8, 4) is 17.1 Å². The number of rotatable bonds is 6. The molecule has 4 aromatic rings. The van der Waals surface area contributed by atoms with E-state index >= 15 is 0 Å². The van der Waals surface area contributed by atoms with E-state index in [0.29, 0.717) is 22.4 Å². The van der Waals surface area contributed by atoms with Gasteiger partial charge in [0.05, 0.1) is 12.9 Å². The Kier molecular flexibility index (Phi) is 5.53. The van der Waals surface area contributed by atoms with Crippen molar-refractivity contribution in [2.24, 2.45) is 0 Å². The van der Waals surface area contributed by atoms with Crippen LogP contribution in [-0.2, 0) is 4.79 Å². The number of carbonyl (C=O) groups excluding carboxylic acids is 1. The Morgan fingerprint density at radius 3 is 2.73 bits per heavy atom. The molecule has 0 aliphatic rings. The SMILES string of the molecule is COc1cccc(-c2nc(SCC(=O)Nc3ccc(C)cc3)n3[nH]c(=O)cc3n2)c1. The third-order valence-corrected chi connectivity index (χ3v) is 5.26. The number of aromatic nitrogens is 4. The van der Waals surface area contributed by atoms with Gasteiger partial charge in [0, 0.05) is 17.3 Å². The fourth-order valence-corrected chi connectivity index (χ4v) is 3.59. The van der Waals surface area contributed by atoms with E-state index in [1.807, 2.05) is 55.5 Å². The highest BCUT2D eigenvalue weighted by Gasteiger charge is 2.14. The second kappa shape index (κ2) is 8.42. The summed E-state index contributed by atoms with van der Waals surface area (Å²) in [5.74, 6) is 1.06. The fraction of sp³-hybridized carbons (Fsp3) is 0.143. The number of H-pyrrole nitrogens is 1. The van der Waals surface area contributed by atoms with E-state index in [0.717, 1.165) is 16.8 Å². The Balaban J connectivity index is 1.60. The number of ether oxygens (including phenoxy) is 1. The number of aromatic amines is 1. The predicted octanol–water partition coefficient (Wildman–Crippen LogP) is 3.13. The van der Waals surface area contributed by atoms with Crippen LogP contribution in [0.4, 0.5) is 5.69 Å². The molecule has 0 radical (unpaired) electrons.